The summed E-state index contributed by atoms with van der Waals surface area (Å²) in [5, 5.41) is 13.5. The van der Waals surface area contributed by atoms with Crippen molar-refractivity contribution in [1.82, 2.24) is 15.3 Å². The number of benzene rings is 1. The van der Waals surface area contributed by atoms with Crippen LogP contribution in [-0.2, 0) is 6.54 Å². The fourth-order valence-corrected chi connectivity index (χ4v) is 2.82. The number of methoxy groups -OCH3 is 1. The minimum atomic E-state index is -0.555. The van der Waals surface area contributed by atoms with E-state index in [1.807, 2.05) is 36.7 Å². The number of aromatic nitrogens is 2. The van der Waals surface area contributed by atoms with E-state index in [9.17, 15) is 5.11 Å². The van der Waals surface area contributed by atoms with Gasteiger partial charge in [0.25, 0.3) is 0 Å². The summed E-state index contributed by atoms with van der Waals surface area (Å²) in [5.41, 5.74) is 1.88. The lowest BCUT2D eigenvalue weighted by Gasteiger charge is -2.15. The Balaban J connectivity index is 0.00000225. The Hall–Kier alpha value is -1.89. The van der Waals surface area contributed by atoms with E-state index in [0.717, 1.165) is 35.9 Å². The van der Waals surface area contributed by atoms with Crippen LogP contribution in [0.1, 0.15) is 30.1 Å². The first kappa shape index (κ1) is 19.4. The number of aliphatic hydroxyl groups is 1. The van der Waals surface area contributed by atoms with Crippen molar-refractivity contribution < 1.29 is 9.84 Å². The van der Waals surface area contributed by atoms with Crippen LogP contribution in [0.3, 0.4) is 0 Å². The molecular weight excluding hydrogens is 340 g/mol. The van der Waals surface area contributed by atoms with Gasteiger partial charge in [-0.25, -0.2) is 9.97 Å². The fourth-order valence-electron chi connectivity index (χ4n) is 2.82. The zero-order chi connectivity index (χ0) is 16.8. The highest BCUT2D eigenvalue weighted by molar-refractivity contribution is 5.85. The SMILES string of the molecule is COc1ccc(C(O)CNCc2cnc(N3CCCC3)nc2)cc1.Cl. The Morgan fingerprint density at radius 1 is 1.16 bits per heavy atom. The first-order valence-corrected chi connectivity index (χ1v) is 8.35. The highest BCUT2D eigenvalue weighted by atomic mass is 35.5. The first-order chi connectivity index (χ1) is 11.8. The number of halogens is 1. The van der Waals surface area contributed by atoms with Gasteiger partial charge in [0, 0.05) is 44.1 Å². The molecule has 2 heterocycles. The van der Waals surface area contributed by atoms with E-state index in [0.29, 0.717) is 13.1 Å². The topological polar surface area (TPSA) is 70.5 Å². The molecular formula is C18H25ClN4O2. The molecule has 1 atom stereocenters. The molecule has 1 aromatic heterocycles. The molecule has 2 N–H and O–H groups in total. The van der Waals surface area contributed by atoms with Gasteiger partial charge in [0.05, 0.1) is 13.2 Å². The number of ether oxygens (including phenoxy) is 1. The Kier molecular flexibility index (Phi) is 7.43. The molecule has 0 spiro atoms. The maximum atomic E-state index is 10.2. The quantitative estimate of drug-likeness (QED) is 0.785. The number of hydrogen-bond donors (Lipinski definition) is 2. The van der Waals surface area contributed by atoms with Crippen molar-refractivity contribution in [3.8, 4) is 5.75 Å². The van der Waals surface area contributed by atoms with Gasteiger partial charge >= 0.3 is 0 Å². The normalized spacial score (nSPS) is 14.9. The Morgan fingerprint density at radius 3 is 2.40 bits per heavy atom. The maximum absolute atomic E-state index is 10.2. The van der Waals surface area contributed by atoms with Crippen LogP contribution >= 0.6 is 12.4 Å². The smallest absolute Gasteiger partial charge is 0.225 e. The summed E-state index contributed by atoms with van der Waals surface area (Å²) >= 11 is 0. The van der Waals surface area contributed by atoms with Crippen LogP contribution in [0, 0.1) is 0 Å². The van der Waals surface area contributed by atoms with Crippen LogP contribution in [0.2, 0.25) is 0 Å². The molecule has 1 saturated heterocycles. The van der Waals surface area contributed by atoms with Crippen molar-refractivity contribution in [2.75, 3.05) is 31.6 Å². The molecule has 0 bridgehead atoms. The van der Waals surface area contributed by atoms with E-state index in [1.54, 1.807) is 7.11 Å². The Bertz CT molecular complexity index is 631. The van der Waals surface area contributed by atoms with Gasteiger partial charge in [-0.3, -0.25) is 0 Å². The molecule has 0 amide bonds. The van der Waals surface area contributed by atoms with Gasteiger partial charge in [0.15, 0.2) is 0 Å². The molecule has 0 aliphatic carbocycles. The molecule has 3 rings (SSSR count). The number of nitrogens with one attached hydrogen (secondary N) is 1. The summed E-state index contributed by atoms with van der Waals surface area (Å²) in [7, 11) is 1.63. The van der Waals surface area contributed by atoms with Crippen LogP contribution in [0.5, 0.6) is 5.75 Å². The fraction of sp³-hybridized carbons (Fsp3) is 0.444. The van der Waals surface area contributed by atoms with Crippen LogP contribution < -0.4 is 15.0 Å². The lowest BCUT2D eigenvalue weighted by atomic mass is 10.1. The van der Waals surface area contributed by atoms with Crippen molar-refractivity contribution >= 4 is 18.4 Å². The molecule has 2 aromatic rings. The molecule has 1 aliphatic heterocycles. The third-order valence-corrected chi connectivity index (χ3v) is 4.25. The Morgan fingerprint density at radius 2 is 1.80 bits per heavy atom. The number of anilines is 1. The van der Waals surface area contributed by atoms with Crippen molar-refractivity contribution in [3.63, 3.8) is 0 Å². The lowest BCUT2D eigenvalue weighted by Crippen LogP contribution is -2.22. The van der Waals surface area contributed by atoms with Crippen molar-refractivity contribution in [2.24, 2.45) is 0 Å². The molecule has 6 nitrogen and oxygen atoms in total. The van der Waals surface area contributed by atoms with Crippen LogP contribution in [0.15, 0.2) is 36.7 Å². The van der Waals surface area contributed by atoms with Gasteiger partial charge in [-0.2, -0.15) is 0 Å². The highest BCUT2D eigenvalue weighted by Crippen LogP contribution is 2.17. The molecule has 136 valence electrons. The summed E-state index contributed by atoms with van der Waals surface area (Å²) in [5.74, 6) is 1.60. The third-order valence-electron chi connectivity index (χ3n) is 4.25. The highest BCUT2D eigenvalue weighted by Gasteiger charge is 2.14. The average molecular weight is 365 g/mol. The van der Waals surface area contributed by atoms with E-state index in [1.165, 1.54) is 12.8 Å². The minimum Gasteiger partial charge on any atom is -0.497 e. The van der Waals surface area contributed by atoms with E-state index in [4.69, 9.17) is 4.74 Å². The Labute approximate surface area is 154 Å². The molecule has 1 fully saturated rings. The second-order valence-electron chi connectivity index (χ2n) is 6.01. The monoisotopic (exact) mass is 364 g/mol. The number of rotatable bonds is 7. The van der Waals surface area contributed by atoms with Gasteiger partial charge in [-0.05, 0) is 30.5 Å². The average Bonchev–Trinajstić information content (AvgIpc) is 3.17. The zero-order valence-corrected chi connectivity index (χ0v) is 15.2. The maximum Gasteiger partial charge on any atom is 0.225 e. The molecule has 0 saturated carbocycles. The minimum absolute atomic E-state index is 0. The summed E-state index contributed by atoms with van der Waals surface area (Å²) in [6.45, 7) is 3.20. The van der Waals surface area contributed by atoms with E-state index in [2.05, 4.69) is 20.2 Å². The summed E-state index contributed by atoms with van der Waals surface area (Å²) in [6, 6.07) is 7.45. The number of hydrogen-bond acceptors (Lipinski definition) is 6. The van der Waals surface area contributed by atoms with Crippen LogP contribution in [0.4, 0.5) is 5.95 Å². The van der Waals surface area contributed by atoms with Crippen molar-refractivity contribution in [2.45, 2.75) is 25.5 Å². The molecule has 25 heavy (non-hydrogen) atoms. The second-order valence-corrected chi connectivity index (χ2v) is 6.01. The van der Waals surface area contributed by atoms with Crippen molar-refractivity contribution in [3.05, 3.63) is 47.8 Å². The predicted octanol–water partition coefficient (Wildman–Crippen LogP) is 2.33. The molecule has 7 heteroatoms. The van der Waals surface area contributed by atoms with E-state index < -0.39 is 6.10 Å². The molecule has 1 aliphatic rings. The summed E-state index contributed by atoms with van der Waals surface area (Å²) in [4.78, 5) is 11.1. The van der Waals surface area contributed by atoms with Gasteiger partial charge in [0.2, 0.25) is 5.95 Å². The van der Waals surface area contributed by atoms with E-state index in [-0.39, 0.29) is 12.4 Å². The van der Waals surface area contributed by atoms with Gasteiger partial charge in [-0.1, -0.05) is 12.1 Å². The number of aliphatic hydroxyl groups excluding tert-OH is 1. The summed E-state index contributed by atoms with van der Waals surface area (Å²) in [6.07, 6.45) is 5.59. The largest absolute Gasteiger partial charge is 0.497 e. The van der Waals surface area contributed by atoms with Gasteiger partial charge < -0.3 is 20.1 Å². The van der Waals surface area contributed by atoms with Gasteiger partial charge in [0.1, 0.15) is 5.75 Å². The van der Waals surface area contributed by atoms with Crippen molar-refractivity contribution in [1.29, 1.82) is 0 Å². The third kappa shape index (κ3) is 5.29. The van der Waals surface area contributed by atoms with E-state index >= 15 is 0 Å². The molecule has 1 aromatic carbocycles. The zero-order valence-electron chi connectivity index (χ0n) is 14.4. The lowest BCUT2D eigenvalue weighted by molar-refractivity contribution is 0.174. The number of nitrogens with zero attached hydrogens (tertiary/aromatic N) is 3. The van der Waals surface area contributed by atoms with Crippen LogP contribution in [-0.4, -0.2) is 41.8 Å². The predicted molar refractivity (Wildman–Crippen MR) is 100 cm³/mol. The molecule has 1 unspecified atom stereocenters. The summed E-state index contributed by atoms with van der Waals surface area (Å²) < 4.78 is 5.12. The second kappa shape index (κ2) is 9.56. The first-order valence-electron chi connectivity index (χ1n) is 8.35. The standard InChI is InChI=1S/C18H24N4O2.ClH/c1-24-16-6-4-15(5-7-16)17(23)13-19-10-14-11-20-18(21-12-14)22-8-2-3-9-22;/h4-7,11-12,17,19,23H,2-3,8-10,13H2,1H3;1H. The molecule has 0 radical (unpaired) electrons. The van der Waals surface area contributed by atoms with Crippen LogP contribution in [0.25, 0.3) is 0 Å². The van der Waals surface area contributed by atoms with Gasteiger partial charge in [-0.15, -0.1) is 12.4 Å².